The van der Waals surface area contributed by atoms with E-state index in [1.807, 2.05) is 6.08 Å². The molecule has 4 aliphatic rings. The number of anilines is 1. The molecule has 0 N–H and O–H groups in total. The van der Waals surface area contributed by atoms with Gasteiger partial charge < -0.3 is 0 Å². The second kappa shape index (κ2) is 10.9. The minimum atomic E-state index is -1.16. The normalized spacial score (nSPS) is 25.1. The topological polar surface area (TPSA) is 98.0 Å². The summed E-state index contributed by atoms with van der Waals surface area (Å²) >= 11 is 0. The van der Waals surface area contributed by atoms with Crippen molar-refractivity contribution in [3.63, 3.8) is 0 Å². The Morgan fingerprint density at radius 1 is 0.886 bits per heavy atom. The van der Waals surface area contributed by atoms with Crippen LogP contribution in [-0.4, -0.2) is 52.1 Å². The Labute approximate surface area is 249 Å². The number of hydrogen-bond acceptors (Lipinski definition) is 7. The molecule has 3 amide bonds. The van der Waals surface area contributed by atoms with Crippen molar-refractivity contribution in [1.29, 1.82) is 0 Å². The van der Waals surface area contributed by atoms with E-state index in [-0.39, 0.29) is 17.4 Å². The second-order valence-electron chi connectivity index (χ2n) is 11.1. The number of hydrazone groups is 1. The third kappa shape index (κ3) is 4.76. The van der Waals surface area contributed by atoms with Crippen molar-refractivity contribution in [2.45, 2.75) is 37.4 Å². The quantitative estimate of drug-likeness (QED) is 0.376. The summed E-state index contributed by atoms with van der Waals surface area (Å²) in [6, 6.07) is 14.2. The molecule has 9 nitrogen and oxygen atoms in total. The minimum absolute atomic E-state index is 0.0720. The van der Waals surface area contributed by atoms with Gasteiger partial charge in [0.2, 0.25) is 0 Å². The highest BCUT2D eigenvalue weighted by atomic mass is 19.1. The number of halogens is 3. The maximum absolute atomic E-state index is 14.0. The molecule has 1 saturated heterocycles. The smallest absolute Gasteiger partial charge is 0.264 e. The predicted octanol–water partition coefficient (Wildman–Crippen LogP) is 5.22. The van der Waals surface area contributed by atoms with E-state index in [2.05, 4.69) is 10.3 Å². The average Bonchev–Trinajstić information content (AvgIpc) is 3.68. The first-order chi connectivity index (χ1) is 21.3. The van der Waals surface area contributed by atoms with Gasteiger partial charge >= 0.3 is 0 Å². The number of rotatable bonds is 5. The van der Waals surface area contributed by atoms with Gasteiger partial charge in [-0.1, -0.05) is 35.6 Å². The standard InChI is InChI=1S/C32H25F3N6O3/c33-21-11-7-18(8-12-21)15-20-3-1-6-25-27(20)37-41(29(25)19-9-13-22(34)14-10-19)26(42)17-39-30-28(36-38-39)31(43)40(32(30)44)24-5-2-4-23(35)16-24/h2,4-5,7-16,25,28-30H,1,3,6,17H2/b20-15+/t25-,28+,29-,30+/m0/s1. The predicted molar refractivity (Wildman–Crippen MR) is 153 cm³/mol. The number of nitrogens with zero attached hydrogens (tertiary/aromatic N) is 6. The molecule has 3 heterocycles. The zero-order valence-corrected chi connectivity index (χ0v) is 23.2. The summed E-state index contributed by atoms with van der Waals surface area (Å²) in [6.45, 7) is -0.404. The Bertz CT molecular complexity index is 1760. The number of carbonyl (C=O) groups is 3. The van der Waals surface area contributed by atoms with Crippen LogP contribution in [0.1, 0.15) is 36.4 Å². The fourth-order valence-electron chi connectivity index (χ4n) is 6.40. The molecule has 1 aliphatic carbocycles. The van der Waals surface area contributed by atoms with Crippen molar-refractivity contribution >= 4 is 35.2 Å². The minimum Gasteiger partial charge on any atom is -0.271 e. The fourth-order valence-corrected chi connectivity index (χ4v) is 6.40. The van der Waals surface area contributed by atoms with Crippen LogP contribution in [0.5, 0.6) is 0 Å². The number of benzene rings is 3. The van der Waals surface area contributed by atoms with Crippen LogP contribution in [-0.2, 0) is 14.4 Å². The lowest BCUT2D eigenvalue weighted by molar-refractivity contribution is -0.136. The molecular weight excluding hydrogens is 573 g/mol. The van der Waals surface area contributed by atoms with Crippen LogP contribution in [0.4, 0.5) is 18.9 Å². The van der Waals surface area contributed by atoms with Crippen LogP contribution in [0.25, 0.3) is 6.08 Å². The zero-order valence-electron chi connectivity index (χ0n) is 23.2. The number of hydrogen-bond donors (Lipinski definition) is 0. The molecule has 7 rings (SSSR count). The monoisotopic (exact) mass is 598 g/mol. The van der Waals surface area contributed by atoms with E-state index >= 15 is 0 Å². The molecular formula is C32H25F3N6O3. The van der Waals surface area contributed by atoms with Gasteiger partial charge in [0, 0.05) is 5.92 Å². The summed E-state index contributed by atoms with van der Waals surface area (Å²) in [7, 11) is 0. The number of allylic oxidation sites excluding steroid dienone is 1. The fraction of sp³-hybridized carbons (Fsp3) is 0.250. The number of imide groups is 1. The first-order valence-electron chi connectivity index (χ1n) is 14.2. The SMILES string of the molecule is O=C1[C@@H]2N=NN(CC(=O)N3N=C4/C(=C/c5ccc(F)cc5)CCC[C@@H]4[C@@H]3c3ccc(F)cc3)[C@H]2C(=O)N1c1cccc(F)c1. The van der Waals surface area contributed by atoms with Gasteiger partial charge in [0.05, 0.1) is 17.4 Å². The summed E-state index contributed by atoms with van der Waals surface area (Å²) in [5, 5.41) is 15.3. The summed E-state index contributed by atoms with van der Waals surface area (Å²) in [5.41, 5.74) is 3.19. The van der Waals surface area contributed by atoms with E-state index in [4.69, 9.17) is 5.10 Å². The summed E-state index contributed by atoms with van der Waals surface area (Å²) in [4.78, 5) is 41.3. The van der Waals surface area contributed by atoms with E-state index in [9.17, 15) is 27.6 Å². The van der Waals surface area contributed by atoms with Crippen molar-refractivity contribution < 1.29 is 27.6 Å². The van der Waals surface area contributed by atoms with Crippen LogP contribution in [0, 0.1) is 23.4 Å². The van der Waals surface area contributed by atoms with Crippen molar-refractivity contribution in [3.8, 4) is 0 Å². The molecule has 12 heteroatoms. The van der Waals surface area contributed by atoms with E-state index < -0.39 is 54.0 Å². The molecule has 4 atom stereocenters. The molecule has 222 valence electrons. The highest BCUT2D eigenvalue weighted by Gasteiger charge is 2.55. The van der Waals surface area contributed by atoms with Crippen LogP contribution < -0.4 is 4.90 Å². The Balaban J connectivity index is 1.19. The van der Waals surface area contributed by atoms with Gasteiger partial charge in [0.1, 0.15) is 24.0 Å². The van der Waals surface area contributed by atoms with Gasteiger partial charge in [-0.3, -0.25) is 19.4 Å². The van der Waals surface area contributed by atoms with Crippen LogP contribution >= 0.6 is 0 Å². The molecule has 1 saturated carbocycles. The number of carbonyl (C=O) groups excluding carboxylic acids is 3. The molecule has 3 aromatic carbocycles. The molecule has 2 fully saturated rings. The highest BCUT2D eigenvalue weighted by Crippen LogP contribution is 2.45. The molecule has 0 aromatic heterocycles. The summed E-state index contributed by atoms with van der Waals surface area (Å²) in [5.74, 6) is -3.36. The molecule has 0 bridgehead atoms. The summed E-state index contributed by atoms with van der Waals surface area (Å²) < 4.78 is 41.3. The largest absolute Gasteiger partial charge is 0.271 e. The Morgan fingerprint density at radius 2 is 1.61 bits per heavy atom. The van der Waals surface area contributed by atoms with E-state index in [0.717, 1.165) is 34.9 Å². The Hall–Kier alpha value is -5.13. The van der Waals surface area contributed by atoms with Crippen molar-refractivity contribution in [2.75, 3.05) is 11.4 Å². The molecule has 44 heavy (non-hydrogen) atoms. The lowest BCUT2D eigenvalue weighted by Crippen LogP contribution is -2.45. The average molecular weight is 599 g/mol. The van der Waals surface area contributed by atoms with Gasteiger partial charge in [-0.2, -0.15) is 10.2 Å². The highest BCUT2D eigenvalue weighted by molar-refractivity contribution is 6.25. The van der Waals surface area contributed by atoms with Gasteiger partial charge in [-0.25, -0.2) is 23.1 Å². The van der Waals surface area contributed by atoms with E-state index in [0.29, 0.717) is 17.7 Å². The summed E-state index contributed by atoms with van der Waals surface area (Å²) in [6.07, 6.45) is 4.20. The van der Waals surface area contributed by atoms with Crippen LogP contribution in [0.3, 0.4) is 0 Å². The lowest BCUT2D eigenvalue weighted by atomic mass is 9.77. The molecule has 0 radical (unpaired) electrons. The molecule has 3 aromatic rings. The third-order valence-electron chi connectivity index (χ3n) is 8.40. The van der Waals surface area contributed by atoms with E-state index in [1.165, 1.54) is 52.5 Å². The van der Waals surface area contributed by atoms with Crippen molar-refractivity contribution in [3.05, 3.63) is 107 Å². The zero-order chi connectivity index (χ0) is 30.5. The van der Waals surface area contributed by atoms with Crippen molar-refractivity contribution in [2.24, 2.45) is 21.4 Å². The van der Waals surface area contributed by atoms with Gasteiger partial charge in [0.15, 0.2) is 12.1 Å². The van der Waals surface area contributed by atoms with Crippen LogP contribution in [0.15, 0.2) is 93.8 Å². The van der Waals surface area contributed by atoms with Gasteiger partial charge in [-0.15, -0.1) is 0 Å². The Kier molecular flexibility index (Phi) is 6.83. The molecule has 0 unspecified atom stereocenters. The Morgan fingerprint density at radius 3 is 2.34 bits per heavy atom. The lowest BCUT2D eigenvalue weighted by Gasteiger charge is -2.30. The van der Waals surface area contributed by atoms with E-state index in [1.54, 1.807) is 24.3 Å². The van der Waals surface area contributed by atoms with Gasteiger partial charge in [0.25, 0.3) is 17.7 Å². The first-order valence-corrected chi connectivity index (χ1v) is 14.2. The second-order valence-corrected chi connectivity index (χ2v) is 11.1. The number of amides is 3. The first kappa shape index (κ1) is 27.7. The number of fused-ring (bicyclic) bond motifs is 2. The van der Waals surface area contributed by atoms with Gasteiger partial charge in [-0.05, 0) is 84.5 Å². The maximum atomic E-state index is 14.0. The third-order valence-corrected chi connectivity index (χ3v) is 8.40. The maximum Gasteiger partial charge on any atom is 0.264 e. The van der Waals surface area contributed by atoms with Crippen LogP contribution in [0.2, 0.25) is 0 Å². The molecule has 0 spiro atoms. The molecule has 3 aliphatic heterocycles. The van der Waals surface area contributed by atoms with Crippen molar-refractivity contribution in [1.82, 2.24) is 10.0 Å².